The van der Waals surface area contributed by atoms with E-state index in [1.807, 2.05) is 91.1 Å². The summed E-state index contributed by atoms with van der Waals surface area (Å²) in [6.07, 6.45) is 4.57. The fraction of sp³-hybridized carbons (Fsp3) is 0.0488. The van der Waals surface area contributed by atoms with Gasteiger partial charge in [0.05, 0.1) is 12.0 Å². The van der Waals surface area contributed by atoms with E-state index in [4.69, 9.17) is 38.3 Å². The van der Waals surface area contributed by atoms with Crippen molar-refractivity contribution in [3.05, 3.63) is 220 Å². The SMILES string of the molecule is O=c1cc(C(OC(=S)Oc2ccccc2)c2cn(C(c3ccccc3)(c3ccccc3)c3ccccc3)cn2)ccn1-c1cccc(Cl)c1. The fourth-order valence-corrected chi connectivity index (χ4v) is 6.52. The molecule has 0 bridgehead atoms. The molecule has 8 heteroatoms. The summed E-state index contributed by atoms with van der Waals surface area (Å²) in [4.78, 5) is 18.5. The molecule has 5 aromatic carbocycles. The molecule has 0 N–H and O–H groups in total. The van der Waals surface area contributed by atoms with E-state index in [1.165, 1.54) is 10.6 Å². The van der Waals surface area contributed by atoms with Gasteiger partial charge in [-0.3, -0.25) is 9.36 Å². The van der Waals surface area contributed by atoms with Crippen molar-refractivity contribution in [1.29, 1.82) is 0 Å². The Morgan fingerprint density at radius 3 is 1.84 bits per heavy atom. The summed E-state index contributed by atoms with van der Waals surface area (Å²) in [6, 6.07) is 50.6. The Morgan fingerprint density at radius 1 is 0.714 bits per heavy atom. The number of aromatic nitrogens is 3. The third-order valence-electron chi connectivity index (χ3n) is 8.32. The molecule has 49 heavy (non-hydrogen) atoms. The number of thiocarbonyl (C=S) groups is 1. The van der Waals surface area contributed by atoms with Crippen molar-refractivity contribution in [2.75, 3.05) is 0 Å². The Kier molecular flexibility index (Phi) is 9.19. The Labute approximate surface area is 294 Å². The van der Waals surface area contributed by atoms with Gasteiger partial charge in [0.25, 0.3) is 5.56 Å². The van der Waals surface area contributed by atoms with Gasteiger partial charge in [-0.1, -0.05) is 127 Å². The molecule has 0 saturated carbocycles. The summed E-state index contributed by atoms with van der Waals surface area (Å²) in [6.45, 7) is 0. The van der Waals surface area contributed by atoms with Crippen molar-refractivity contribution in [1.82, 2.24) is 14.1 Å². The first-order valence-electron chi connectivity index (χ1n) is 15.7. The van der Waals surface area contributed by atoms with E-state index in [1.54, 1.807) is 42.9 Å². The molecule has 7 aromatic rings. The molecule has 0 fully saturated rings. The van der Waals surface area contributed by atoms with Gasteiger partial charge >= 0.3 is 5.24 Å². The predicted molar refractivity (Wildman–Crippen MR) is 196 cm³/mol. The minimum absolute atomic E-state index is 0.106. The molecular formula is C41H30ClN3O3S. The molecular weight excluding hydrogens is 650 g/mol. The Hall–Kier alpha value is -5.76. The van der Waals surface area contributed by atoms with Gasteiger partial charge in [0.15, 0.2) is 6.10 Å². The number of benzene rings is 5. The quantitative estimate of drug-likeness (QED) is 0.113. The van der Waals surface area contributed by atoms with Gasteiger partial charge in [0.2, 0.25) is 0 Å². The highest BCUT2D eigenvalue weighted by molar-refractivity contribution is 7.79. The summed E-state index contributed by atoms with van der Waals surface area (Å²) in [5, 5.41) is 0.424. The van der Waals surface area contributed by atoms with Gasteiger partial charge in [-0.2, -0.15) is 0 Å². The number of imidazole rings is 1. The number of rotatable bonds is 9. The number of ether oxygens (including phenoxy) is 2. The van der Waals surface area contributed by atoms with Crippen LogP contribution in [0, 0.1) is 0 Å². The molecule has 1 unspecified atom stereocenters. The highest BCUT2D eigenvalue weighted by Gasteiger charge is 2.39. The first-order chi connectivity index (χ1) is 24.0. The summed E-state index contributed by atoms with van der Waals surface area (Å²) in [7, 11) is 0. The van der Waals surface area contributed by atoms with Crippen molar-refractivity contribution in [2.45, 2.75) is 11.6 Å². The standard InChI is InChI=1S/C41H30ClN3O3S/c42-34-20-13-21-35(27-34)45-25-24-30(26-38(45)46)39(48-40(49)47-36-22-11-4-12-23-36)37-28-44(29-43-37)41(31-14-5-1-6-15-31,32-16-7-2-8-17-32)33-18-9-3-10-19-33/h1-29,39H. The van der Waals surface area contributed by atoms with Gasteiger partial charge in [0, 0.05) is 41.3 Å². The van der Waals surface area contributed by atoms with Crippen LogP contribution in [0.15, 0.2) is 181 Å². The van der Waals surface area contributed by atoms with Crippen molar-refractivity contribution in [2.24, 2.45) is 0 Å². The second-order valence-electron chi connectivity index (χ2n) is 11.3. The monoisotopic (exact) mass is 679 g/mol. The van der Waals surface area contributed by atoms with Crippen LogP contribution in [0.5, 0.6) is 5.75 Å². The summed E-state index contributed by atoms with van der Waals surface area (Å²) >= 11 is 11.8. The summed E-state index contributed by atoms with van der Waals surface area (Å²) < 4.78 is 15.8. The maximum atomic E-state index is 13.6. The molecule has 240 valence electrons. The second-order valence-corrected chi connectivity index (χ2v) is 12.1. The molecule has 0 saturated heterocycles. The van der Waals surface area contributed by atoms with Crippen LogP contribution in [0.4, 0.5) is 0 Å². The lowest BCUT2D eigenvalue weighted by molar-refractivity contribution is 0.187. The van der Waals surface area contributed by atoms with E-state index in [-0.39, 0.29) is 10.8 Å². The number of nitrogens with zero attached hydrogens (tertiary/aromatic N) is 3. The number of para-hydroxylation sites is 1. The number of halogens is 1. The Balaban J connectivity index is 1.37. The molecule has 0 radical (unpaired) electrons. The van der Waals surface area contributed by atoms with E-state index in [0.29, 0.717) is 27.7 Å². The molecule has 2 heterocycles. The molecule has 6 nitrogen and oxygen atoms in total. The van der Waals surface area contributed by atoms with Gasteiger partial charge in [-0.25, -0.2) is 4.98 Å². The van der Waals surface area contributed by atoms with Crippen LogP contribution in [-0.2, 0) is 10.3 Å². The molecule has 1 atom stereocenters. The van der Waals surface area contributed by atoms with E-state index >= 15 is 0 Å². The molecule has 0 aliphatic rings. The normalized spacial score (nSPS) is 11.9. The molecule has 0 spiro atoms. The lowest BCUT2D eigenvalue weighted by atomic mass is 9.77. The minimum Gasteiger partial charge on any atom is -0.442 e. The minimum atomic E-state index is -0.876. The van der Waals surface area contributed by atoms with Crippen LogP contribution in [0.2, 0.25) is 5.02 Å². The van der Waals surface area contributed by atoms with Crippen molar-refractivity contribution < 1.29 is 9.47 Å². The number of hydrogen-bond acceptors (Lipinski definition) is 5. The average molecular weight is 680 g/mol. The topological polar surface area (TPSA) is 58.3 Å². The first-order valence-corrected chi connectivity index (χ1v) is 16.4. The van der Waals surface area contributed by atoms with Crippen LogP contribution in [0.25, 0.3) is 5.69 Å². The smallest absolute Gasteiger partial charge is 0.358 e. The van der Waals surface area contributed by atoms with Crippen molar-refractivity contribution >= 4 is 29.1 Å². The third kappa shape index (κ3) is 6.54. The summed E-state index contributed by atoms with van der Waals surface area (Å²) in [5.74, 6) is 0.532. The highest BCUT2D eigenvalue weighted by Crippen LogP contribution is 2.41. The van der Waals surface area contributed by atoms with Crippen LogP contribution in [-0.4, -0.2) is 19.4 Å². The van der Waals surface area contributed by atoms with Gasteiger partial charge in [0.1, 0.15) is 17.0 Å². The fourth-order valence-electron chi connectivity index (χ4n) is 6.14. The predicted octanol–water partition coefficient (Wildman–Crippen LogP) is 9.00. The Morgan fingerprint density at radius 2 is 1.29 bits per heavy atom. The zero-order valence-corrected chi connectivity index (χ0v) is 27.7. The highest BCUT2D eigenvalue weighted by atomic mass is 35.5. The molecule has 7 rings (SSSR count). The molecule has 2 aromatic heterocycles. The number of hydrogen-bond donors (Lipinski definition) is 0. The van der Waals surface area contributed by atoms with E-state index in [0.717, 1.165) is 16.7 Å². The van der Waals surface area contributed by atoms with Crippen LogP contribution >= 0.6 is 23.8 Å². The zero-order chi connectivity index (χ0) is 33.6. The van der Waals surface area contributed by atoms with Crippen molar-refractivity contribution in [3.63, 3.8) is 0 Å². The van der Waals surface area contributed by atoms with Gasteiger partial charge < -0.3 is 14.0 Å². The average Bonchev–Trinajstić information content (AvgIpc) is 3.63. The molecule has 0 aliphatic carbocycles. The molecule has 0 amide bonds. The third-order valence-corrected chi connectivity index (χ3v) is 8.74. The largest absolute Gasteiger partial charge is 0.442 e. The number of pyridine rings is 1. The lowest BCUT2D eigenvalue weighted by Crippen LogP contribution is -2.37. The first kappa shape index (κ1) is 31.8. The summed E-state index contributed by atoms with van der Waals surface area (Å²) in [5.41, 5.74) is 3.80. The van der Waals surface area contributed by atoms with E-state index in [2.05, 4.69) is 41.0 Å². The zero-order valence-electron chi connectivity index (χ0n) is 26.2. The van der Waals surface area contributed by atoms with Crippen LogP contribution in [0.1, 0.15) is 34.1 Å². The van der Waals surface area contributed by atoms with E-state index in [9.17, 15) is 4.79 Å². The van der Waals surface area contributed by atoms with Crippen LogP contribution in [0.3, 0.4) is 0 Å². The molecule has 0 aliphatic heterocycles. The van der Waals surface area contributed by atoms with Crippen LogP contribution < -0.4 is 10.3 Å². The maximum Gasteiger partial charge on any atom is 0.358 e. The Bertz CT molecular complexity index is 2140. The van der Waals surface area contributed by atoms with Gasteiger partial charge in [-0.05, 0) is 53.1 Å². The van der Waals surface area contributed by atoms with E-state index < -0.39 is 11.6 Å². The maximum absolute atomic E-state index is 13.6. The second kappa shape index (κ2) is 14.2. The van der Waals surface area contributed by atoms with Gasteiger partial charge in [-0.15, -0.1) is 0 Å². The lowest BCUT2D eigenvalue weighted by Gasteiger charge is -2.37. The van der Waals surface area contributed by atoms with Crippen molar-refractivity contribution in [3.8, 4) is 11.4 Å².